The standard InChI is InChI=1S/C22H26N4O3/c1-25(14-18-13-23-15-26(18)2)22(27)24-21(16-5-9-19(28-3)10-6-16)17-7-11-20(29-4)12-8-17/h5-13,15,21H,14H2,1-4H3,(H,24,27). The molecule has 0 aliphatic heterocycles. The molecule has 0 spiro atoms. The second-order valence-electron chi connectivity index (χ2n) is 6.78. The molecular formula is C22H26N4O3. The van der Waals surface area contributed by atoms with Crippen molar-refractivity contribution in [1.82, 2.24) is 19.8 Å². The summed E-state index contributed by atoms with van der Waals surface area (Å²) in [7, 11) is 6.93. The topological polar surface area (TPSA) is 68.6 Å². The molecule has 29 heavy (non-hydrogen) atoms. The van der Waals surface area contributed by atoms with Crippen molar-refractivity contribution >= 4 is 6.03 Å². The van der Waals surface area contributed by atoms with Crippen LogP contribution in [-0.4, -0.2) is 41.7 Å². The number of carbonyl (C=O) groups is 1. The zero-order valence-electron chi connectivity index (χ0n) is 17.1. The van der Waals surface area contributed by atoms with Gasteiger partial charge in [0.05, 0.1) is 38.8 Å². The lowest BCUT2D eigenvalue weighted by Crippen LogP contribution is -2.39. The lowest BCUT2D eigenvalue weighted by molar-refractivity contribution is 0.203. The first-order valence-corrected chi connectivity index (χ1v) is 9.26. The van der Waals surface area contributed by atoms with Crippen LogP contribution < -0.4 is 14.8 Å². The molecular weight excluding hydrogens is 368 g/mol. The smallest absolute Gasteiger partial charge is 0.318 e. The van der Waals surface area contributed by atoms with Crippen molar-refractivity contribution in [3.63, 3.8) is 0 Å². The first-order chi connectivity index (χ1) is 14.0. The van der Waals surface area contributed by atoms with Crippen LogP contribution in [0, 0.1) is 0 Å². The molecule has 0 bridgehead atoms. The molecule has 0 aliphatic rings. The number of nitrogens with one attached hydrogen (secondary N) is 1. The number of aromatic nitrogens is 2. The molecule has 7 nitrogen and oxygen atoms in total. The summed E-state index contributed by atoms with van der Waals surface area (Å²) in [5, 5.41) is 3.13. The van der Waals surface area contributed by atoms with E-state index in [0.29, 0.717) is 6.54 Å². The van der Waals surface area contributed by atoms with Crippen LogP contribution >= 0.6 is 0 Å². The third kappa shape index (κ3) is 4.87. The number of ether oxygens (including phenoxy) is 2. The average Bonchev–Trinajstić information content (AvgIpc) is 3.16. The maximum atomic E-state index is 12.9. The van der Waals surface area contributed by atoms with Crippen LogP contribution in [0.2, 0.25) is 0 Å². The lowest BCUT2D eigenvalue weighted by atomic mass is 9.98. The Bertz CT molecular complexity index is 888. The Morgan fingerprint density at radius 3 is 1.97 bits per heavy atom. The van der Waals surface area contributed by atoms with Gasteiger partial charge in [0.25, 0.3) is 0 Å². The molecule has 3 rings (SSSR count). The van der Waals surface area contributed by atoms with E-state index in [1.807, 2.05) is 60.1 Å². The molecule has 1 N–H and O–H groups in total. The minimum absolute atomic E-state index is 0.178. The van der Waals surface area contributed by atoms with E-state index >= 15 is 0 Å². The molecule has 1 aromatic heterocycles. The van der Waals surface area contributed by atoms with Crippen LogP contribution in [0.15, 0.2) is 61.1 Å². The summed E-state index contributed by atoms with van der Waals surface area (Å²) in [4.78, 5) is 18.7. The Labute approximate surface area is 170 Å². The lowest BCUT2D eigenvalue weighted by Gasteiger charge is -2.25. The molecule has 0 saturated carbocycles. The van der Waals surface area contributed by atoms with E-state index in [0.717, 1.165) is 28.3 Å². The Morgan fingerprint density at radius 2 is 1.55 bits per heavy atom. The average molecular weight is 394 g/mol. The number of hydrogen-bond donors (Lipinski definition) is 1. The number of carbonyl (C=O) groups excluding carboxylic acids is 1. The number of nitrogens with zero attached hydrogens (tertiary/aromatic N) is 3. The Hall–Kier alpha value is -3.48. The zero-order chi connectivity index (χ0) is 20.8. The van der Waals surface area contributed by atoms with Gasteiger partial charge in [0.15, 0.2) is 0 Å². The molecule has 0 atom stereocenters. The maximum Gasteiger partial charge on any atom is 0.318 e. The van der Waals surface area contributed by atoms with E-state index in [-0.39, 0.29) is 12.1 Å². The summed E-state index contributed by atoms with van der Waals surface area (Å²) >= 11 is 0. The summed E-state index contributed by atoms with van der Waals surface area (Å²) in [5.74, 6) is 1.53. The van der Waals surface area contributed by atoms with Gasteiger partial charge in [-0.05, 0) is 35.4 Å². The Balaban J connectivity index is 1.83. The Kier molecular flexibility index (Phi) is 6.39. The number of benzene rings is 2. The van der Waals surface area contributed by atoms with E-state index in [9.17, 15) is 4.79 Å². The van der Waals surface area contributed by atoms with Gasteiger partial charge in [-0.3, -0.25) is 0 Å². The predicted molar refractivity (Wildman–Crippen MR) is 111 cm³/mol. The first-order valence-electron chi connectivity index (χ1n) is 9.26. The molecule has 2 amide bonds. The quantitative estimate of drug-likeness (QED) is 0.667. The largest absolute Gasteiger partial charge is 0.497 e. The van der Waals surface area contributed by atoms with E-state index in [1.165, 1.54) is 0 Å². The minimum atomic E-state index is -0.312. The summed E-state index contributed by atoms with van der Waals surface area (Å²) in [6, 6.07) is 14.9. The number of rotatable bonds is 7. The fraction of sp³-hybridized carbons (Fsp3) is 0.273. The van der Waals surface area contributed by atoms with Gasteiger partial charge in [-0.15, -0.1) is 0 Å². The number of aryl methyl sites for hydroxylation is 1. The highest BCUT2D eigenvalue weighted by atomic mass is 16.5. The minimum Gasteiger partial charge on any atom is -0.497 e. The molecule has 0 radical (unpaired) electrons. The third-order valence-electron chi connectivity index (χ3n) is 4.83. The van der Waals surface area contributed by atoms with E-state index < -0.39 is 0 Å². The highest BCUT2D eigenvalue weighted by molar-refractivity contribution is 5.75. The summed E-state index contributed by atoms with van der Waals surface area (Å²) < 4.78 is 12.4. The summed E-state index contributed by atoms with van der Waals surface area (Å²) in [6.07, 6.45) is 3.48. The molecule has 3 aromatic rings. The second-order valence-corrected chi connectivity index (χ2v) is 6.78. The van der Waals surface area contributed by atoms with E-state index in [1.54, 1.807) is 38.7 Å². The molecule has 7 heteroatoms. The second kappa shape index (κ2) is 9.14. The van der Waals surface area contributed by atoms with Crippen molar-refractivity contribution in [2.75, 3.05) is 21.3 Å². The van der Waals surface area contributed by atoms with Gasteiger partial charge in [0, 0.05) is 20.3 Å². The van der Waals surface area contributed by atoms with Gasteiger partial charge in [-0.2, -0.15) is 0 Å². The molecule has 0 unspecified atom stereocenters. The highest BCUT2D eigenvalue weighted by Gasteiger charge is 2.20. The number of methoxy groups -OCH3 is 2. The first kappa shape index (κ1) is 20.3. The van der Waals surface area contributed by atoms with Gasteiger partial charge < -0.3 is 24.3 Å². The molecule has 0 aliphatic carbocycles. The van der Waals surface area contributed by atoms with Crippen molar-refractivity contribution in [1.29, 1.82) is 0 Å². The summed E-state index contributed by atoms with van der Waals surface area (Å²) in [6.45, 7) is 0.459. The van der Waals surface area contributed by atoms with E-state index in [2.05, 4.69) is 10.3 Å². The fourth-order valence-corrected chi connectivity index (χ4v) is 3.04. The van der Waals surface area contributed by atoms with Crippen molar-refractivity contribution in [3.8, 4) is 11.5 Å². The van der Waals surface area contributed by atoms with Crippen LogP contribution in [0.4, 0.5) is 4.79 Å². The maximum absolute atomic E-state index is 12.9. The van der Waals surface area contributed by atoms with Crippen LogP contribution in [0.3, 0.4) is 0 Å². The van der Waals surface area contributed by atoms with Crippen LogP contribution in [0.25, 0.3) is 0 Å². The van der Waals surface area contributed by atoms with Crippen molar-refractivity contribution in [2.24, 2.45) is 7.05 Å². The molecule has 2 aromatic carbocycles. The molecule has 152 valence electrons. The highest BCUT2D eigenvalue weighted by Crippen LogP contribution is 2.26. The van der Waals surface area contributed by atoms with Crippen LogP contribution in [0.5, 0.6) is 11.5 Å². The van der Waals surface area contributed by atoms with Gasteiger partial charge in [0.1, 0.15) is 11.5 Å². The molecule has 0 saturated heterocycles. The van der Waals surface area contributed by atoms with Crippen LogP contribution in [0.1, 0.15) is 22.9 Å². The van der Waals surface area contributed by atoms with E-state index in [4.69, 9.17) is 9.47 Å². The molecule has 0 fully saturated rings. The number of imidazole rings is 1. The zero-order valence-corrected chi connectivity index (χ0v) is 17.1. The summed E-state index contributed by atoms with van der Waals surface area (Å²) in [5.41, 5.74) is 2.87. The Morgan fingerprint density at radius 1 is 1.03 bits per heavy atom. The SMILES string of the molecule is COc1ccc(C(NC(=O)N(C)Cc2cncn2C)c2ccc(OC)cc2)cc1. The monoisotopic (exact) mass is 394 g/mol. The fourth-order valence-electron chi connectivity index (χ4n) is 3.04. The normalized spacial score (nSPS) is 10.7. The number of hydrogen-bond acceptors (Lipinski definition) is 4. The predicted octanol–water partition coefficient (Wildman–Crippen LogP) is 3.37. The van der Waals surface area contributed by atoms with Crippen LogP contribution in [-0.2, 0) is 13.6 Å². The number of amides is 2. The van der Waals surface area contributed by atoms with Crippen molar-refractivity contribution in [3.05, 3.63) is 77.9 Å². The van der Waals surface area contributed by atoms with Crippen molar-refractivity contribution < 1.29 is 14.3 Å². The number of urea groups is 1. The molecule has 1 heterocycles. The van der Waals surface area contributed by atoms with Gasteiger partial charge >= 0.3 is 6.03 Å². The van der Waals surface area contributed by atoms with Gasteiger partial charge in [-0.25, -0.2) is 9.78 Å². The van der Waals surface area contributed by atoms with Crippen molar-refractivity contribution in [2.45, 2.75) is 12.6 Å². The van der Waals surface area contributed by atoms with Gasteiger partial charge in [0.2, 0.25) is 0 Å². The van der Waals surface area contributed by atoms with Gasteiger partial charge in [-0.1, -0.05) is 24.3 Å². The third-order valence-corrected chi connectivity index (χ3v) is 4.83.